The van der Waals surface area contributed by atoms with E-state index in [1.54, 1.807) is 11.3 Å². The molecule has 1 atom stereocenters. The van der Waals surface area contributed by atoms with E-state index in [0.29, 0.717) is 19.0 Å². The number of β-amino-alcohol motifs (C(OH)–C–C–N with tert-alkyl or cyclic N) is 1. The first-order valence-corrected chi connectivity index (χ1v) is 9.30. The third-order valence-corrected chi connectivity index (χ3v) is 5.78. The monoisotopic (exact) mass is 346 g/mol. The van der Waals surface area contributed by atoms with Gasteiger partial charge in [-0.3, -0.25) is 4.90 Å². The van der Waals surface area contributed by atoms with Gasteiger partial charge in [0.15, 0.2) is 0 Å². The summed E-state index contributed by atoms with van der Waals surface area (Å²) in [6, 6.07) is 10.4. The SMILES string of the molecule is CC(C)c1nnc(N(C)CC2(O)CCN(Cc3ccccc3)C2)s1. The van der Waals surface area contributed by atoms with Crippen LogP contribution < -0.4 is 4.90 Å². The van der Waals surface area contributed by atoms with Crippen molar-refractivity contribution in [3.05, 3.63) is 40.9 Å². The van der Waals surface area contributed by atoms with Crippen LogP contribution in [0.25, 0.3) is 0 Å². The van der Waals surface area contributed by atoms with E-state index in [2.05, 4.69) is 53.2 Å². The van der Waals surface area contributed by atoms with Crippen molar-refractivity contribution < 1.29 is 5.11 Å². The lowest BCUT2D eigenvalue weighted by atomic mass is 10.0. The van der Waals surface area contributed by atoms with E-state index in [1.165, 1.54) is 5.56 Å². The molecule has 1 fully saturated rings. The van der Waals surface area contributed by atoms with Crippen molar-refractivity contribution in [3.8, 4) is 0 Å². The number of aliphatic hydroxyl groups is 1. The van der Waals surface area contributed by atoms with Gasteiger partial charge in [0.05, 0.1) is 5.60 Å². The molecule has 0 amide bonds. The van der Waals surface area contributed by atoms with Crippen molar-refractivity contribution in [2.24, 2.45) is 0 Å². The van der Waals surface area contributed by atoms with Gasteiger partial charge in [0.2, 0.25) is 5.13 Å². The van der Waals surface area contributed by atoms with E-state index in [9.17, 15) is 5.11 Å². The summed E-state index contributed by atoms with van der Waals surface area (Å²) in [5.41, 5.74) is 0.605. The van der Waals surface area contributed by atoms with E-state index in [0.717, 1.165) is 29.6 Å². The van der Waals surface area contributed by atoms with Crippen LogP contribution >= 0.6 is 11.3 Å². The number of benzene rings is 1. The van der Waals surface area contributed by atoms with Crippen LogP contribution in [0.1, 0.15) is 36.8 Å². The molecule has 1 unspecified atom stereocenters. The van der Waals surface area contributed by atoms with Crippen LogP contribution in [0.5, 0.6) is 0 Å². The third-order valence-electron chi connectivity index (χ3n) is 4.44. The van der Waals surface area contributed by atoms with Crippen LogP contribution in [-0.4, -0.2) is 52.5 Å². The van der Waals surface area contributed by atoms with E-state index in [4.69, 9.17) is 0 Å². The smallest absolute Gasteiger partial charge is 0.208 e. The normalized spacial score (nSPS) is 21.5. The Kier molecular flexibility index (Phi) is 5.18. The van der Waals surface area contributed by atoms with Crippen LogP contribution in [0.15, 0.2) is 30.3 Å². The second kappa shape index (κ2) is 7.17. The second-order valence-electron chi connectivity index (χ2n) is 7.10. The molecule has 1 N–H and O–H groups in total. The van der Waals surface area contributed by atoms with Gasteiger partial charge in [-0.2, -0.15) is 0 Å². The molecule has 1 aliphatic rings. The van der Waals surface area contributed by atoms with E-state index >= 15 is 0 Å². The number of likely N-dealkylation sites (N-methyl/N-ethyl adjacent to an activating group) is 1. The Morgan fingerprint density at radius 1 is 1.29 bits per heavy atom. The molecule has 0 saturated carbocycles. The molecule has 2 aromatic rings. The van der Waals surface area contributed by atoms with Gasteiger partial charge >= 0.3 is 0 Å². The number of anilines is 1. The number of hydrogen-bond donors (Lipinski definition) is 1. The first kappa shape index (κ1) is 17.3. The van der Waals surface area contributed by atoms with Gasteiger partial charge in [0.25, 0.3) is 0 Å². The fourth-order valence-electron chi connectivity index (χ4n) is 3.17. The molecule has 1 aromatic carbocycles. The highest BCUT2D eigenvalue weighted by Crippen LogP contribution is 2.29. The van der Waals surface area contributed by atoms with Crippen LogP contribution in [0.2, 0.25) is 0 Å². The van der Waals surface area contributed by atoms with Crippen LogP contribution in [-0.2, 0) is 6.54 Å². The van der Waals surface area contributed by atoms with Gasteiger partial charge in [-0.05, 0) is 12.0 Å². The average molecular weight is 346 g/mol. The van der Waals surface area contributed by atoms with E-state index in [1.807, 2.05) is 18.0 Å². The summed E-state index contributed by atoms with van der Waals surface area (Å²) in [5, 5.41) is 21.4. The second-order valence-corrected chi connectivity index (χ2v) is 8.09. The van der Waals surface area contributed by atoms with E-state index < -0.39 is 5.60 Å². The van der Waals surface area contributed by atoms with Gasteiger partial charge in [-0.25, -0.2) is 0 Å². The van der Waals surface area contributed by atoms with Crippen molar-refractivity contribution in [3.63, 3.8) is 0 Å². The van der Waals surface area contributed by atoms with E-state index in [-0.39, 0.29) is 0 Å². The maximum atomic E-state index is 11.0. The minimum atomic E-state index is -0.687. The lowest BCUT2D eigenvalue weighted by molar-refractivity contribution is 0.0562. The minimum Gasteiger partial charge on any atom is -0.387 e. The zero-order valence-electron chi connectivity index (χ0n) is 14.6. The predicted molar refractivity (Wildman–Crippen MR) is 98.6 cm³/mol. The van der Waals surface area contributed by atoms with Gasteiger partial charge in [-0.1, -0.05) is 55.5 Å². The summed E-state index contributed by atoms with van der Waals surface area (Å²) in [5.74, 6) is 0.389. The molecular weight excluding hydrogens is 320 g/mol. The Balaban J connectivity index is 1.58. The molecule has 0 bridgehead atoms. The lowest BCUT2D eigenvalue weighted by Crippen LogP contribution is -2.43. The predicted octanol–water partition coefficient (Wildman–Crippen LogP) is 2.73. The summed E-state index contributed by atoms with van der Waals surface area (Å²) in [4.78, 5) is 4.36. The van der Waals surface area contributed by atoms with Gasteiger partial charge in [-0.15, -0.1) is 10.2 Å². The fourth-order valence-corrected chi connectivity index (χ4v) is 3.98. The molecule has 0 radical (unpaired) electrons. The van der Waals surface area contributed by atoms with Gasteiger partial charge < -0.3 is 10.0 Å². The van der Waals surface area contributed by atoms with Gasteiger partial charge in [0.1, 0.15) is 5.01 Å². The average Bonchev–Trinajstić information content (AvgIpc) is 3.16. The minimum absolute atomic E-state index is 0.389. The molecule has 5 nitrogen and oxygen atoms in total. The molecule has 1 aromatic heterocycles. The molecule has 1 saturated heterocycles. The number of hydrogen-bond acceptors (Lipinski definition) is 6. The Morgan fingerprint density at radius 3 is 2.71 bits per heavy atom. The summed E-state index contributed by atoms with van der Waals surface area (Å²) >= 11 is 1.61. The van der Waals surface area contributed by atoms with Crippen molar-refractivity contribution in [2.75, 3.05) is 31.6 Å². The maximum Gasteiger partial charge on any atom is 0.208 e. The Morgan fingerprint density at radius 2 is 2.04 bits per heavy atom. The molecule has 24 heavy (non-hydrogen) atoms. The molecule has 0 aliphatic carbocycles. The lowest BCUT2D eigenvalue weighted by Gasteiger charge is -2.28. The first-order chi connectivity index (χ1) is 11.5. The number of likely N-dealkylation sites (tertiary alicyclic amines) is 1. The largest absolute Gasteiger partial charge is 0.387 e. The zero-order chi connectivity index (χ0) is 17.2. The number of aromatic nitrogens is 2. The highest BCUT2D eigenvalue weighted by Gasteiger charge is 2.37. The Bertz CT molecular complexity index is 660. The standard InChI is InChI=1S/C18H26N4OS/c1-14(2)16-19-20-17(24-16)21(3)12-18(23)9-10-22(13-18)11-15-7-5-4-6-8-15/h4-8,14,23H,9-13H2,1-3H3. The van der Waals surface area contributed by atoms with Crippen LogP contribution in [0.3, 0.4) is 0 Å². The summed E-state index contributed by atoms with van der Waals surface area (Å²) < 4.78 is 0. The third kappa shape index (κ3) is 4.12. The molecular formula is C18H26N4OS. The Hall–Kier alpha value is -1.50. The fraction of sp³-hybridized carbons (Fsp3) is 0.556. The topological polar surface area (TPSA) is 52.5 Å². The molecule has 6 heteroatoms. The first-order valence-electron chi connectivity index (χ1n) is 8.48. The molecule has 130 valence electrons. The summed E-state index contributed by atoms with van der Waals surface area (Å²) in [6.07, 6.45) is 0.792. The zero-order valence-corrected chi connectivity index (χ0v) is 15.5. The van der Waals surface area contributed by atoms with Gasteiger partial charge in [0, 0.05) is 39.1 Å². The molecule has 0 spiro atoms. The van der Waals surface area contributed by atoms with Crippen molar-refractivity contribution >= 4 is 16.5 Å². The highest BCUT2D eigenvalue weighted by molar-refractivity contribution is 7.15. The van der Waals surface area contributed by atoms with Crippen LogP contribution in [0.4, 0.5) is 5.13 Å². The van der Waals surface area contributed by atoms with Crippen molar-refractivity contribution in [2.45, 2.75) is 38.3 Å². The number of rotatable bonds is 6. The molecule has 3 rings (SSSR count). The molecule has 2 heterocycles. The maximum absolute atomic E-state index is 11.0. The van der Waals surface area contributed by atoms with Crippen molar-refractivity contribution in [1.82, 2.24) is 15.1 Å². The van der Waals surface area contributed by atoms with Crippen molar-refractivity contribution in [1.29, 1.82) is 0 Å². The summed E-state index contributed by atoms with van der Waals surface area (Å²) in [6.45, 7) is 7.34. The Labute approximate surface area is 147 Å². The molecule has 1 aliphatic heterocycles. The summed E-state index contributed by atoms with van der Waals surface area (Å²) in [7, 11) is 1.99. The van der Waals surface area contributed by atoms with Crippen LogP contribution in [0, 0.1) is 0 Å². The number of nitrogens with zero attached hydrogens (tertiary/aromatic N) is 4. The highest BCUT2D eigenvalue weighted by atomic mass is 32.1. The quantitative estimate of drug-likeness (QED) is 0.872.